The Kier molecular flexibility index (Phi) is 4.81. The highest BCUT2D eigenvalue weighted by atomic mass is 16.3. The van der Waals surface area contributed by atoms with Gasteiger partial charge in [-0.2, -0.15) is 5.10 Å². The van der Waals surface area contributed by atoms with Crippen molar-refractivity contribution in [1.82, 2.24) is 9.78 Å². The van der Waals surface area contributed by atoms with Crippen molar-refractivity contribution in [2.75, 3.05) is 24.2 Å². The molecule has 0 spiro atoms. The summed E-state index contributed by atoms with van der Waals surface area (Å²) in [6, 6.07) is 0. The van der Waals surface area contributed by atoms with Crippen LogP contribution in [0.5, 0.6) is 0 Å². The normalized spacial score (nSPS) is 12.8. The fourth-order valence-electron chi connectivity index (χ4n) is 1.95. The summed E-state index contributed by atoms with van der Waals surface area (Å²) in [7, 11) is 3.88. The number of rotatable bonds is 6. The summed E-state index contributed by atoms with van der Waals surface area (Å²) in [5.41, 5.74) is 7.84. The molecule has 1 aromatic rings. The van der Waals surface area contributed by atoms with Gasteiger partial charge in [-0.3, -0.25) is 4.68 Å². The lowest BCUT2D eigenvalue weighted by Crippen LogP contribution is -2.24. The van der Waals surface area contributed by atoms with E-state index in [2.05, 4.69) is 12.0 Å². The van der Waals surface area contributed by atoms with Crippen LogP contribution in [0.2, 0.25) is 0 Å². The van der Waals surface area contributed by atoms with E-state index in [0.717, 1.165) is 43.0 Å². The zero-order valence-corrected chi connectivity index (χ0v) is 11.3. The Morgan fingerprint density at radius 3 is 2.71 bits per heavy atom. The number of hydrogen-bond donors (Lipinski definition) is 2. The fraction of sp³-hybridized carbons (Fsp3) is 0.750. The molecule has 0 aliphatic rings. The van der Waals surface area contributed by atoms with Gasteiger partial charge in [-0.25, -0.2) is 0 Å². The number of aliphatic hydroxyl groups is 1. The number of aliphatic hydroxyl groups excluding tert-OH is 1. The molecule has 17 heavy (non-hydrogen) atoms. The molecule has 3 N–H and O–H groups in total. The molecule has 5 nitrogen and oxygen atoms in total. The predicted octanol–water partition coefficient (Wildman–Crippen LogP) is 1.16. The lowest BCUT2D eigenvalue weighted by molar-refractivity contribution is 0.186. The van der Waals surface area contributed by atoms with Crippen molar-refractivity contribution in [3.05, 3.63) is 5.69 Å². The summed E-state index contributed by atoms with van der Waals surface area (Å²) in [6.07, 6.45) is 2.38. The number of nitrogen functional groups attached to an aromatic ring is 1. The minimum atomic E-state index is -0.290. The molecule has 0 aliphatic heterocycles. The minimum Gasteiger partial charge on any atom is -0.394 e. The van der Waals surface area contributed by atoms with Gasteiger partial charge in [0.2, 0.25) is 0 Å². The largest absolute Gasteiger partial charge is 0.394 e. The Bertz CT molecular complexity index is 360. The van der Waals surface area contributed by atoms with Crippen molar-refractivity contribution >= 4 is 11.5 Å². The first-order valence-corrected chi connectivity index (χ1v) is 6.17. The van der Waals surface area contributed by atoms with E-state index < -0.39 is 0 Å². The molecule has 0 fully saturated rings. The molecule has 0 bridgehead atoms. The first-order valence-electron chi connectivity index (χ1n) is 6.17. The number of nitrogens with zero attached hydrogens (tertiary/aromatic N) is 3. The summed E-state index contributed by atoms with van der Waals surface area (Å²) in [5.74, 6) is 0.939. The molecule has 0 aliphatic carbocycles. The van der Waals surface area contributed by atoms with Crippen molar-refractivity contribution in [2.45, 2.75) is 39.2 Å². The lowest BCUT2D eigenvalue weighted by Gasteiger charge is -2.20. The van der Waals surface area contributed by atoms with Crippen molar-refractivity contribution in [1.29, 1.82) is 0 Å². The third-order valence-electron chi connectivity index (χ3n) is 2.86. The van der Waals surface area contributed by atoms with E-state index in [0.29, 0.717) is 0 Å². The maximum Gasteiger partial charge on any atom is 0.150 e. The summed E-state index contributed by atoms with van der Waals surface area (Å²) in [5, 5.41) is 13.7. The fourth-order valence-corrected chi connectivity index (χ4v) is 1.95. The van der Waals surface area contributed by atoms with Crippen molar-refractivity contribution in [2.24, 2.45) is 7.05 Å². The molecule has 1 unspecified atom stereocenters. The summed E-state index contributed by atoms with van der Waals surface area (Å²) < 4.78 is 1.82. The van der Waals surface area contributed by atoms with Crippen LogP contribution in [0.3, 0.4) is 0 Å². The van der Waals surface area contributed by atoms with E-state index in [9.17, 15) is 5.11 Å². The Morgan fingerprint density at radius 1 is 1.53 bits per heavy atom. The van der Waals surface area contributed by atoms with Crippen LogP contribution in [-0.2, 0) is 13.5 Å². The SMILES string of the molecule is CCCc1nn(C)c(N(C)CCC(C)O)c1N. The van der Waals surface area contributed by atoms with Crippen molar-refractivity contribution in [3.8, 4) is 0 Å². The highest BCUT2D eigenvalue weighted by molar-refractivity contribution is 5.66. The van der Waals surface area contributed by atoms with Crippen LogP contribution >= 0.6 is 0 Å². The van der Waals surface area contributed by atoms with E-state index >= 15 is 0 Å². The highest BCUT2D eigenvalue weighted by Crippen LogP contribution is 2.26. The smallest absolute Gasteiger partial charge is 0.150 e. The molecule has 0 radical (unpaired) electrons. The van der Waals surface area contributed by atoms with Crippen LogP contribution in [0, 0.1) is 0 Å². The van der Waals surface area contributed by atoms with Crippen molar-refractivity contribution < 1.29 is 5.11 Å². The molecule has 0 saturated carbocycles. The molecule has 1 heterocycles. The van der Waals surface area contributed by atoms with Crippen LogP contribution in [0.1, 0.15) is 32.4 Å². The maximum atomic E-state index is 9.30. The van der Waals surface area contributed by atoms with Crippen LogP contribution in [0.4, 0.5) is 11.5 Å². The third-order valence-corrected chi connectivity index (χ3v) is 2.86. The van der Waals surface area contributed by atoms with Gasteiger partial charge in [-0.15, -0.1) is 0 Å². The first-order chi connectivity index (χ1) is 7.97. The second kappa shape index (κ2) is 5.91. The Labute approximate surface area is 103 Å². The van der Waals surface area contributed by atoms with Gasteiger partial charge >= 0.3 is 0 Å². The predicted molar refractivity (Wildman–Crippen MR) is 71.2 cm³/mol. The van der Waals surface area contributed by atoms with E-state index in [1.165, 1.54) is 0 Å². The lowest BCUT2D eigenvalue weighted by atomic mass is 10.2. The maximum absolute atomic E-state index is 9.30. The molecule has 1 rings (SSSR count). The standard InChI is InChI=1S/C12H24N4O/c1-5-6-10-11(13)12(16(4)14-10)15(3)8-7-9(2)17/h9,17H,5-8,13H2,1-4H3. The number of aryl methyl sites for hydroxylation is 2. The second-order valence-corrected chi connectivity index (χ2v) is 4.62. The quantitative estimate of drug-likeness (QED) is 0.783. The minimum absolute atomic E-state index is 0.290. The van der Waals surface area contributed by atoms with Crippen LogP contribution < -0.4 is 10.6 Å². The number of hydrogen-bond acceptors (Lipinski definition) is 4. The van der Waals surface area contributed by atoms with E-state index in [-0.39, 0.29) is 6.10 Å². The molecule has 1 atom stereocenters. The van der Waals surface area contributed by atoms with E-state index in [1.807, 2.05) is 23.7 Å². The van der Waals surface area contributed by atoms with Gasteiger partial charge in [0.05, 0.1) is 17.5 Å². The van der Waals surface area contributed by atoms with E-state index in [1.54, 1.807) is 6.92 Å². The molecule has 0 aromatic carbocycles. The average Bonchev–Trinajstić information content (AvgIpc) is 2.52. The first kappa shape index (κ1) is 13.8. The average molecular weight is 240 g/mol. The van der Waals surface area contributed by atoms with Crippen LogP contribution in [0.25, 0.3) is 0 Å². The second-order valence-electron chi connectivity index (χ2n) is 4.62. The number of anilines is 2. The highest BCUT2D eigenvalue weighted by Gasteiger charge is 2.16. The zero-order chi connectivity index (χ0) is 13.0. The summed E-state index contributed by atoms with van der Waals surface area (Å²) in [6.45, 7) is 4.68. The molecular weight excluding hydrogens is 216 g/mol. The van der Waals surface area contributed by atoms with Gasteiger partial charge in [0, 0.05) is 20.6 Å². The van der Waals surface area contributed by atoms with Gasteiger partial charge in [-0.05, 0) is 19.8 Å². The number of aromatic nitrogens is 2. The Morgan fingerprint density at radius 2 is 2.18 bits per heavy atom. The van der Waals surface area contributed by atoms with Gasteiger partial charge in [0.1, 0.15) is 5.82 Å². The molecule has 0 saturated heterocycles. The Balaban J connectivity index is 2.82. The molecule has 0 amide bonds. The molecule has 98 valence electrons. The topological polar surface area (TPSA) is 67.3 Å². The monoisotopic (exact) mass is 240 g/mol. The molecule has 1 aromatic heterocycles. The van der Waals surface area contributed by atoms with Crippen LogP contribution in [-0.4, -0.2) is 34.6 Å². The summed E-state index contributed by atoms with van der Waals surface area (Å²) in [4.78, 5) is 2.05. The van der Waals surface area contributed by atoms with Gasteiger partial charge in [0.25, 0.3) is 0 Å². The zero-order valence-electron chi connectivity index (χ0n) is 11.3. The van der Waals surface area contributed by atoms with E-state index in [4.69, 9.17) is 5.73 Å². The van der Waals surface area contributed by atoms with Crippen LogP contribution in [0.15, 0.2) is 0 Å². The summed E-state index contributed by atoms with van der Waals surface area (Å²) >= 11 is 0. The van der Waals surface area contributed by atoms with Gasteiger partial charge < -0.3 is 15.7 Å². The Hall–Kier alpha value is -1.23. The third kappa shape index (κ3) is 3.36. The number of nitrogens with two attached hydrogens (primary N) is 1. The van der Waals surface area contributed by atoms with Gasteiger partial charge in [-0.1, -0.05) is 13.3 Å². The molecular formula is C12H24N4O. The van der Waals surface area contributed by atoms with Gasteiger partial charge in [0.15, 0.2) is 0 Å². The van der Waals surface area contributed by atoms with Crippen molar-refractivity contribution in [3.63, 3.8) is 0 Å². The molecule has 5 heteroatoms.